The number of nitrogens with zero attached hydrogens (tertiary/aromatic N) is 1. The monoisotopic (exact) mass is 363 g/mol. The molecular formula is C22H18FNOS. The van der Waals surface area contributed by atoms with Gasteiger partial charge in [0, 0.05) is 23.6 Å². The van der Waals surface area contributed by atoms with E-state index in [1.165, 1.54) is 17.7 Å². The average molecular weight is 363 g/mol. The number of halogens is 1. The molecule has 1 atom stereocenters. The second-order valence-electron chi connectivity index (χ2n) is 6.40. The molecule has 1 unspecified atom stereocenters. The van der Waals surface area contributed by atoms with E-state index >= 15 is 0 Å². The number of aromatic nitrogens is 1. The van der Waals surface area contributed by atoms with Crippen molar-refractivity contribution >= 4 is 11.8 Å². The number of allylic oxidation sites excluding steroid dienone is 1. The third-order valence-electron chi connectivity index (χ3n) is 4.82. The maximum Gasteiger partial charge on any atom is 0.123 e. The fourth-order valence-corrected chi connectivity index (χ4v) is 4.53. The van der Waals surface area contributed by atoms with Crippen LogP contribution in [0.5, 0.6) is 0 Å². The van der Waals surface area contributed by atoms with Crippen molar-refractivity contribution in [1.82, 2.24) is 4.98 Å². The summed E-state index contributed by atoms with van der Waals surface area (Å²) in [5.41, 5.74) is 4.80. The minimum Gasteiger partial charge on any atom is -0.392 e. The number of aliphatic hydroxyl groups is 1. The maximum absolute atomic E-state index is 13.3. The lowest BCUT2D eigenvalue weighted by Crippen LogP contribution is -2.26. The Balaban J connectivity index is 1.89. The van der Waals surface area contributed by atoms with E-state index in [4.69, 9.17) is 0 Å². The summed E-state index contributed by atoms with van der Waals surface area (Å²) in [5, 5.41) is 11.9. The first-order valence-electron chi connectivity index (χ1n) is 8.42. The second-order valence-corrected chi connectivity index (χ2v) is 7.30. The van der Waals surface area contributed by atoms with Gasteiger partial charge in [-0.15, -0.1) is 11.8 Å². The Labute approximate surface area is 156 Å². The van der Waals surface area contributed by atoms with Gasteiger partial charge in [0.25, 0.3) is 0 Å². The standard InChI is InChI=1S/C22H18FNOS/c23-21-3-1-17(2-4-21)18-11-16(14-25)12-20(13-18)22(7-10-26-15-22)19-5-8-24-9-6-19/h1-13,25H,14-15H2. The summed E-state index contributed by atoms with van der Waals surface area (Å²) in [7, 11) is 0. The lowest BCUT2D eigenvalue weighted by Gasteiger charge is -2.29. The average Bonchev–Trinajstić information content (AvgIpc) is 3.20. The Morgan fingerprint density at radius 1 is 0.962 bits per heavy atom. The van der Waals surface area contributed by atoms with Crippen LogP contribution in [-0.4, -0.2) is 15.8 Å². The zero-order valence-corrected chi connectivity index (χ0v) is 14.9. The van der Waals surface area contributed by atoms with Gasteiger partial charge in [0.1, 0.15) is 5.82 Å². The second kappa shape index (κ2) is 7.06. The van der Waals surface area contributed by atoms with Gasteiger partial charge in [-0.3, -0.25) is 4.98 Å². The fourth-order valence-electron chi connectivity index (χ4n) is 3.42. The van der Waals surface area contributed by atoms with Crippen LogP contribution >= 0.6 is 11.8 Å². The summed E-state index contributed by atoms with van der Waals surface area (Å²) in [5.74, 6) is 0.644. The minimum absolute atomic E-state index is 0.0364. The van der Waals surface area contributed by atoms with E-state index in [1.54, 1.807) is 23.9 Å². The first-order chi connectivity index (χ1) is 12.7. The van der Waals surface area contributed by atoms with Crippen molar-refractivity contribution in [2.75, 3.05) is 5.75 Å². The van der Waals surface area contributed by atoms with Gasteiger partial charge in [0.05, 0.1) is 6.61 Å². The Bertz CT molecular complexity index is 940. The topological polar surface area (TPSA) is 33.1 Å². The molecule has 130 valence electrons. The van der Waals surface area contributed by atoms with Crippen molar-refractivity contribution in [2.45, 2.75) is 12.0 Å². The Morgan fingerprint density at radius 2 is 1.73 bits per heavy atom. The van der Waals surface area contributed by atoms with E-state index in [2.05, 4.69) is 28.6 Å². The predicted octanol–water partition coefficient (Wildman–Crippen LogP) is 4.93. The van der Waals surface area contributed by atoms with Gasteiger partial charge >= 0.3 is 0 Å². The molecule has 1 aliphatic heterocycles. The molecule has 0 saturated carbocycles. The number of aliphatic hydroxyl groups excluding tert-OH is 1. The highest BCUT2D eigenvalue weighted by Gasteiger charge is 2.35. The molecule has 0 spiro atoms. The molecule has 0 bridgehead atoms. The van der Waals surface area contributed by atoms with Crippen molar-refractivity contribution < 1.29 is 9.50 Å². The lowest BCUT2D eigenvalue weighted by atomic mass is 9.75. The highest BCUT2D eigenvalue weighted by Crippen LogP contribution is 2.43. The van der Waals surface area contributed by atoms with Gasteiger partial charge in [-0.1, -0.05) is 24.3 Å². The van der Waals surface area contributed by atoms with E-state index < -0.39 is 0 Å². The molecule has 2 aromatic carbocycles. The highest BCUT2D eigenvalue weighted by molar-refractivity contribution is 8.02. The van der Waals surface area contributed by atoms with Crippen LogP contribution in [0.1, 0.15) is 16.7 Å². The van der Waals surface area contributed by atoms with Gasteiger partial charge in [-0.05, 0) is 69.6 Å². The van der Waals surface area contributed by atoms with Crippen molar-refractivity contribution in [3.63, 3.8) is 0 Å². The number of pyridine rings is 1. The van der Waals surface area contributed by atoms with Crippen LogP contribution in [0.3, 0.4) is 0 Å². The normalized spacial score (nSPS) is 19.0. The van der Waals surface area contributed by atoms with Crippen molar-refractivity contribution in [2.24, 2.45) is 0 Å². The first-order valence-corrected chi connectivity index (χ1v) is 9.47. The predicted molar refractivity (Wildman–Crippen MR) is 104 cm³/mol. The third-order valence-corrected chi connectivity index (χ3v) is 5.77. The van der Waals surface area contributed by atoms with E-state index in [-0.39, 0.29) is 17.8 Å². The molecule has 1 aromatic heterocycles. The van der Waals surface area contributed by atoms with Gasteiger partial charge in [-0.2, -0.15) is 0 Å². The van der Waals surface area contributed by atoms with Crippen LogP contribution < -0.4 is 0 Å². The minimum atomic E-state index is -0.256. The zero-order chi connectivity index (χ0) is 18.0. The Hall–Kier alpha value is -2.43. The van der Waals surface area contributed by atoms with Crippen LogP contribution in [-0.2, 0) is 12.0 Å². The van der Waals surface area contributed by atoms with E-state index in [0.29, 0.717) is 0 Å². The molecular weight excluding hydrogens is 345 g/mol. The van der Waals surface area contributed by atoms with E-state index in [1.807, 2.05) is 30.6 Å². The summed E-state index contributed by atoms with van der Waals surface area (Å²) in [6.07, 6.45) is 5.84. The highest BCUT2D eigenvalue weighted by atomic mass is 32.2. The van der Waals surface area contributed by atoms with Gasteiger partial charge in [-0.25, -0.2) is 4.39 Å². The molecule has 0 saturated heterocycles. The molecule has 4 rings (SSSR count). The van der Waals surface area contributed by atoms with Gasteiger partial charge in [0.2, 0.25) is 0 Å². The van der Waals surface area contributed by atoms with E-state index in [0.717, 1.165) is 28.0 Å². The molecule has 3 aromatic rings. The fraction of sp³-hybridized carbons (Fsp3) is 0.136. The quantitative estimate of drug-likeness (QED) is 0.714. The van der Waals surface area contributed by atoms with Crippen molar-refractivity contribution in [3.05, 3.63) is 101 Å². The molecule has 2 nitrogen and oxygen atoms in total. The number of thioether (sulfide) groups is 1. The van der Waals surface area contributed by atoms with Gasteiger partial charge < -0.3 is 5.11 Å². The molecule has 0 aliphatic carbocycles. The largest absolute Gasteiger partial charge is 0.392 e. The molecule has 0 amide bonds. The molecule has 1 N–H and O–H groups in total. The Morgan fingerprint density at radius 3 is 2.38 bits per heavy atom. The first kappa shape index (κ1) is 17.0. The number of hydrogen-bond acceptors (Lipinski definition) is 3. The SMILES string of the molecule is OCc1cc(-c2ccc(F)cc2)cc(C2(c3ccncc3)C=CSC2)c1. The maximum atomic E-state index is 13.3. The van der Waals surface area contributed by atoms with Crippen LogP contribution in [0.2, 0.25) is 0 Å². The summed E-state index contributed by atoms with van der Waals surface area (Å²) >= 11 is 1.77. The smallest absolute Gasteiger partial charge is 0.123 e. The summed E-state index contributed by atoms with van der Waals surface area (Å²) in [4.78, 5) is 4.14. The lowest BCUT2D eigenvalue weighted by molar-refractivity contribution is 0.281. The number of rotatable bonds is 4. The Kier molecular flexibility index (Phi) is 4.62. The van der Waals surface area contributed by atoms with Crippen LogP contribution in [0.15, 0.2) is 78.5 Å². The van der Waals surface area contributed by atoms with Crippen LogP contribution in [0, 0.1) is 5.82 Å². The molecule has 0 radical (unpaired) electrons. The summed E-state index contributed by atoms with van der Waals surface area (Å²) in [6, 6.07) is 16.7. The van der Waals surface area contributed by atoms with E-state index in [9.17, 15) is 9.50 Å². The molecule has 1 aliphatic rings. The molecule has 2 heterocycles. The number of hydrogen-bond donors (Lipinski definition) is 1. The number of benzene rings is 2. The molecule has 0 fully saturated rings. The van der Waals surface area contributed by atoms with Crippen LogP contribution in [0.25, 0.3) is 11.1 Å². The van der Waals surface area contributed by atoms with Gasteiger partial charge in [0.15, 0.2) is 0 Å². The molecule has 4 heteroatoms. The van der Waals surface area contributed by atoms with Crippen molar-refractivity contribution in [3.8, 4) is 11.1 Å². The summed E-state index contributed by atoms with van der Waals surface area (Å²) in [6.45, 7) is -0.0364. The molecule has 26 heavy (non-hydrogen) atoms. The third kappa shape index (κ3) is 3.06. The summed E-state index contributed by atoms with van der Waals surface area (Å²) < 4.78 is 13.3. The van der Waals surface area contributed by atoms with Crippen LogP contribution in [0.4, 0.5) is 4.39 Å². The zero-order valence-electron chi connectivity index (χ0n) is 14.1. The van der Waals surface area contributed by atoms with Crippen molar-refractivity contribution in [1.29, 1.82) is 0 Å².